The molecule has 1 aromatic heterocycles. The Bertz CT molecular complexity index is 506. The van der Waals surface area contributed by atoms with Crippen molar-refractivity contribution in [1.29, 1.82) is 0 Å². The third-order valence-corrected chi connectivity index (χ3v) is 3.12. The number of hydrogen-bond acceptors (Lipinski definition) is 3. The van der Waals surface area contributed by atoms with E-state index in [1.165, 1.54) is 11.1 Å². The van der Waals surface area contributed by atoms with E-state index in [1.54, 1.807) is 0 Å². The molecule has 0 aliphatic heterocycles. The second-order valence-electron chi connectivity index (χ2n) is 4.79. The molecule has 0 fully saturated rings. The molecular weight excluding hydrogens is 234 g/mol. The van der Waals surface area contributed by atoms with Crippen molar-refractivity contribution in [3.63, 3.8) is 0 Å². The molecule has 0 bridgehead atoms. The molecule has 1 aromatic carbocycles. The van der Waals surface area contributed by atoms with Gasteiger partial charge in [-0.15, -0.1) is 0 Å². The molecule has 0 radical (unpaired) electrons. The van der Waals surface area contributed by atoms with E-state index < -0.39 is 0 Å². The lowest BCUT2D eigenvalue weighted by Gasteiger charge is -2.06. The van der Waals surface area contributed by atoms with Crippen molar-refractivity contribution < 1.29 is 0 Å². The highest BCUT2D eigenvalue weighted by Crippen LogP contribution is 2.10. The van der Waals surface area contributed by atoms with E-state index >= 15 is 0 Å². The largest absolute Gasteiger partial charge is 0.313 e. The number of nitrogens with one attached hydrogen (secondary N) is 1. The number of rotatable bonds is 6. The molecule has 0 unspecified atom stereocenters. The van der Waals surface area contributed by atoms with E-state index in [4.69, 9.17) is 0 Å². The lowest BCUT2D eigenvalue weighted by molar-refractivity contribution is 0.670. The summed E-state index contributed by atoms with van der Waals surface area (Å²) in [4.78, 5) is 8.89. The Morgan fingerprint density at radius 3 is 2.53 bits per heavy atom. The van der Waals surface area contributed by atoms with Gasteiger partial charge in [-0.2, -0.15) is 0 Å². The van der Waals surface area contributed by atoms with Crippen LogP contribution in [0.25, 0.3) is 0 Å². The Morgan fingerprint density at radius 2 is 1.84 bits per heavy atom. The van der Waals surface area contributed by atoms with Gasteiger partial charge in [0.2, 0.25) is 0 Å². The van der Waals surface area contributed by atoms with Gasteiger partial charge >= 0.3 is 0 Å². The standard InChI is InChI=1S/C16H21N3/c1-3-8-17-10-14-11-18-16(19-12-14)9-15-7-5-4-6-13(15)2/h4-7,11-12,17H,3,8-10H2,1-2H3. The zero-order valence-corrected chi connectivity index (χ0v) is 11.7. The van der Waals surface area contributed by atoms with Gasteiger partial charge in [0.15, 0.2) is 0 Å². The third-order valence-electron chi connectivity index (χ3n) is 3.12. The van der Waals surface area contributed by atoms with Crippen molar-refractivity contribution in [2.24, 2.45) is 0 Å². The molecule has 1 N–H and O–H groups in total. The summed E-state index contributed by atoms with van der Waals surface area (Å²) in [5, 5.41) is 3.35. The molecule has 0 spiro atoms. The SMILES string of the molecule is CCCNCc1cnc(Cc2ccccc2C)nc1. The average Bonchev–Trinajstić information content (AvgIpc) is 2.44. The molecule has 3 nitrogen and oxygen atoms in total. The molecule has 1 heterocycles. The lowest BCUT2D eigenvalue weighted by atomic mass is 10.1. The zero-order valence-electron chi connectivity index (χ0n) is 11.7. The number of aryl methyl sites for hydroxylation is 1. The number of hydrogen-bond donors (Lipinski definition) is 1. The summed E-state index contributed by atoms with van der Waals surface area (Å²) in [5.74, 6) is 0.883. The van der Waals surface area contributed by atoms with Crippen LogP contribution in [0.2, 0.25) is 0 Å². The van der Waals surface area contributed by atoms with Crippen LogP contribution in [0.15, 0.2) is 36.7 Å². The van der Waals surface area contributed by atoms with Crippen molar-refractivity contribution in [2.75, 3.05) is 6.54 Å². The highest BCUT2D eigenvalue weighted by atomic mass is 14.9. The molecule has 0 aliphatic rings. The molecule has 0 amide bonds. The second-order valence-corrected chi connectivity index (χ2v) is 4.79. The number of benzene rings is 1. The first-order valence-corrected chi connectivity index (χ1v) is 6.84. The van der Waals surface area contributed by atoms with E-state index in [9.17, 15) is 0 Å². The van der Waals surface area contributed by atoms with E-state index in [1.807, 2.05) is 12.4 Å². The molecule has 2 aromatic rings. The molecule has 2 rings (SSSR count). The van der Waals surface area contributed by atoms with E-state index in [0.29, 0.717) is 0 Å². The minimum atomic E-state index is 0.801. The summed E-state index contributed by atoms with van der Waals surface area (Å²) < 4.78 is 0. The summed E-state index contributed by atoms with van der Waals surface area (Å²) in [6, 6.07) is 8.38. The van der Waals surface area contributed by atoms with Gasteiger partial charge in [-0.1, -0.05) is 31.2 Å². The normalized spacial score (nSPS) is 10.6. The third kappa shape index (κ3) is 4.14. The van der Waals surface area contributed by atoms with Crippen LogP contribution in [-0.4, -0.2) is 16.5 Å². The van der Waals surface area contributed by atoms with Crippen molar-refractivity contribution in [3.8, 4) is 0 Å². The fourth-order valence-electron chi connectivity index (χ4n) is 1.95. The van der Waals surface area contributed by atoms with E-state index in [-0.39, 0.29) is 0 Å². The summed E-state index contributed by atoms with van der Waals surface area (Å²) in [7, 11) is 0. The second kappa shape index (κ2) is 7.00. The molecular formula is C16H21N3. The Morgan fingerprint density at radius 1 is 1.11 bits per heavy atom. The Hall–Kier alpha value is -1.74. The maximum atomic E-state index is 4.44. The fourth-order valence-corrected chi connectivity index (χ4v) is 1.95. The number of aromatic nitrogens is 2. The van der Waals surface area contributed by atoms with Gasteiger partial charge in [0.05, 0.1) is 0 Å². The Kier molecular flexibility index (Phi) is 5.04. The van der Waals surface area contributed by atoms with Gasteiger partial charge in [-0.05, 0) is 31.0 Å². The molecule has 100 valence electrons. The molecule has 0 atom stereocenters. The van der Waals surface area contributed by atoms with Gasteiger partial charge in [-0.25, -0.2) is 9.97 Å². The van der Waals surface area contributed by atoms with Crippen molar-refractivity contribution in [1.82, 2.24) is 15.3 Å². The van der Waals surface area contributed by atoms with Crippen molar-refractivity contribution in [3.05, 3.63) is 59.2 Å². The summed E-state index contributed by atoms with van der Waals surface area (Å²) in [5.41, 5.74) is 3.72. The minimum absolute atomic E-state index is 0.801. The highest BCUT2D eigenvalue weighted by Gasteiger charge is 2.02. The monoisotopic (exact) mass is 255 g/mol. The summed E-state index contributed by atoms with van der Waals surface area (Å²) in [6.45, 7) is 6.16. The minimum Gasteiger partial charge on any atom is -0.313 e. The maximum Gasteiger partial charge on any atom is 0.132 e. The average molecular weight is 255 g/mol. The molecule has 0 saturated carbocycles. The Balaban J connectivity index is 1.97. The number of nitrogens with zero attached hydrogens (tertiary/aromatic N) is 2. The fraction of sp³-hybridized carbons (Fsp3) is 0.375. The predicted octanol–water partition coefficient (Wildman–Crippen LogP) is 2.88. The maximum absolute atomic E-state index is 4.44. The molecule has 3 heteroatoms. The molecule has 0 saturated heterocycles. The predicted molar refractivity (Wildman–Crippen MR) is 78.0 cm³/mol. The van der Waals surface area contributed by atoms with Gasteiger partial charge in [0.25, 0.3) is 0 Å². The van der Waals surface area contributed by atoms with Gasteiger partial charge in [0, 0.05) is 30.9 Å². The quantitative estimate of drug-likeness (QED) is 0.807. The smallest absolute Gasteiger partial charge is 0.132 e. The first kappa shape index (κ1) is 13.7. The van der Waals surface area contributed by atoms with Gasteiger partial charge in [0.1, 0.15) is 5.82 Å². The van der Waals surface area contributed by atoms with Crippen LogP contribution in [0, 0.1) is 6.92 Å². The summed E-state index contributed by atoms with van der Waals surface area (Å²) >= 11 is 0. The van der Waals surface area contributed by atoms with Gasteiger partial charge < -0.3 is 5.32 Å². The molecule has 0 aliphatic carbocycles. The molecule has 19 heavy (non-hydrogen) atoms. The topological polar surface area (TPSA) is 37.8 Å². The highest BCUT2D eigenvalue weighted by molar-refractivity contribution is 5.28. The van der Waals surface area contributed by atoms with E-state index in [2.05, 4.69) is 53.4 Å². The lowest BCUT2D eigenvalue weighted by Crippen LogP contribution is -2.14. The first-order valence-electron chi connectivity index (χ1n) is 6.84. The van der Waals surface area contributed by atoms with E-state index in [0.717, 1.165) is 37.3 Å². The van der Waals surface area contributed by atoms with Crippen LogP contribution in [-0.2, 0) is 13.0 Å². The van der Waals surface area contributed by atoms with Crippen LogP contribution in [0.4, 0.5) is 0 Å². The zero-order chi connectivity index (χ0) is 13.5. The van der Waals surface area contributed by atoms with Crippen LogP contribution in [0.3, 0.4) is 0 Å². The van der Waals surface area contributed by atoms with Crippen LogP contribution < -0.4 is 5.32 Å². The van der Waals surface area contributed by atoms with Gasteiger partial charge in [-0.3, -0.25) is 0 Å². The van der Waals surface area contributed by atoms with Crippen LogP contribution in [0.1, 0.15) is 35.9 Å². The van der Waals surface area contributed by atoms with Crippen LogP contribution >= 0.6 is 0 Å². The first-order chi connectivity index (χ1) is 9.29. The Labute approximate surface area is 115 Å². The van der Waals surface area contributed by atoms with Crippen LogP contribution in [0.5, 0.6) is 0 Å². The summed E-state index contributed by atoms with van der Waals surface area (Å²) in [6.07, 6.45) is 5.79. The van der Waals surface area contributed by atoms with Crippen molar-refractivity contribution >= 4 is 0 Å². The van der Waals surface area contributed by atoms with Crippen molar-refractivity contribution in [2.45, 2.75) is 33.2 Å².